The van der Waals surface area contributed by atoms with E-state index in [9.17, 15) is 9.18 Å². The number of hydrogen-bond acceptors (Lipinski definition) is 3. The third-order valence-corrected chi connectivity index (χ3v) is 3.03. The molecular formula is C15H10FNO2. The lowest BCUT2D eigenvalue weighted by Crippen LogP contribution is -2.01. The van der Waals surface area contributed by atoms with Gasteiger partial charge in [0, 0.05) is 28.9 Å². The molecule has 3 nitrogen and oxygen atoms in total. The number of aromatic nitrogens is 1. The minimum absolute atomic E-state index is 0.230. The van der Waals surface area contributed by atoms with Gasteiger partial charge < -0.3 is 4.42 Å². The second-order valence-corrected chi connectivity index (χ2v) is 4.27. The Labute approximate surface area is 108 Å². The summed E-state index contributed by atoms with van der Waals surface area (Å²) in [7, 11) is 0. The molecule has 0 bridgehead atoms. The topological polar surface area (TPSA) is 43.1 Å². The molecule has 2 aromatic heterocycles. The maximum Gasteiger partial charge on any atom is 0.230 e. The highest BCUT2D eigenvalue weighted by Gasteiger charge is 2.19. The summed E-state index contributed by atoms with van der Waals surface area (Å²) in [6, 6.07) is 7.56. The van der Waals surface area contributed by atoms with Gasteiger partial charge >= 0.3 is 0 Å². The van der Waals surface area contributed by atoms with Crippen LogP contribution in [-0.4, -0.2) is 10.8 Å². The average Bonchev–Trinajstić information content (AvgIpc) is 2.76. The Kier molecular flexibility index (Phi) is 2.63. The van der Waals surface area contributed by atoms with Crippen LogP contribution in [0.15, 0.2) is 47.1 Å². The molecule has 0 atom stereocenters. The standard InChI is InChI=1S/C15H10FNO2/c1-9-12-7-11(16)4-5-13(12)19-15(9)14(18)10-3-2-6-17-8-10/h2-8H,1H3. The van der Waals surface area contributed by atoms with Crippen molar-refractivity contribution in [1.29, 1.82) is 0 Å². The van der Waals surface area contributed by atoms with E-state index in [-0.39, 0.29) is 17.4 Å². The van der Waals surface area contributed by atoms with E-state index in [4.69, 9.17) is 4.42 Å². The van der Waals surface area contributed by atoms with Crippen LogP contribution in [0.3, 0.4) is 0 Å². The van der Waals surface area contributed by atoms with Crippen molar-refractivity contribution < 1.29 is 13.6 Å². The fourth-order valence-electron chi connectivity index (χ4n) is 2.04. The predicted octanol–water partition coefficient (Wildman–Crippen LogP) is 3.51. The third kappa shape index (κ3) is 1.91. The van der Waals surface area contributed by atoms with Crippen LogP contribution in [0.25, 0.3) is 11.0 Å². The summed E-state index contributed by atoms with van der Waals surface area (Å²) in [6.45, 7) is 1.74. The van der Waals surface area contributed by atoms with Crippen molar-refractivity contribution in [1.82, 2.24) is 4.98 Å². The second-order valence-electron chi connectivity index (χ2n) is 4.27. The van der Waals surface area contributed by atoms with Crippen molar-refractivity contribution >= 4 is 16.8 Å². The normalized spacial score (nSPS) is 10.8. The SMILES string of the molecule is Cc1c(C(=O)c2cccnc2)oc2ccc(F)cc12. The molecule has 0 aliphatic heterocycles. The van der Waals surface area contributed by atoms with Crippen molar-refractivity contribution in [3.63, 3.8) is 0 Å². The summed E-state index contributed by atoms with van der Waals surface area (Å²) in [5.74, 6) is -0.368. The molecule has 0 N–H and O–H groups in total. The number of halogens is 1. The lowest BCUT2D eigenvalue weighted by molar-refractivity contribution is 0.101. The van der Waals surface area contributed by atoms with Crippen LogP contribution in [0.5, 0.6) is 0 Å². The number of nitrogens with zero attached hydrogens (tertiary/aromatic N) is 1. The van der Waals surface area contributed by atoms with E-state index in [0.29, 0.717) is 22.1 Å². The molecule has 0 fully saturated rings. The first-order chi connectivity index (χ1) is 9.16. The van der Waals surface area contributed by atoms with Crippen LogP contribution < -0.4 is 0 Å². The molecule has 4 heteroatoms. The fourth-order valence-corrected chi connectivity index (χ4v) is 2.04. The maximum absolute atomic E-state index is 13.2. The van der Waals surface area contributed by atoms with Gasteiger partial charge in [-0.15, -0.1) is 0 Å². The van der Waals surface area contributed by atoms with Crippen LogP contribution in [0.1, 0.15) is 21.7 Å². The molecule has 0 amide bonds. The smallest absolute Gasteiger partial charge is 0.230 e. The summed E-state index contributed by atoms with van der Waals surface area (Å²) < 4.78 is 18.7. The molecule has 0 saturated carbocycles. The van der Waals surface area contributed by atoms with Crippen molar-refractivity contribution in [2.45, 2.75) is 6.92 Å². The molecule has 0 radical (unpaired) electrons. The van der Waals surface area contributed by atoms with Gasteiger partial charge in [0.2, 0.25) is 5.78 Å². The van der Waals surface area contributed by atoms with Crippen LogP contribution in [0.4, 0.5) is 4.39 Å². The average molecular weight is 255 g/mol. The molecule has 3 rings (SSSR count). The highest BCUT2D eigenvalue weighted by molar-refractivity contribution is 6.10. The summed E-state index contributed by atoms with van der Waals surface area (Å²) in [5.41, 5.74) is 1.60. The van der Waals surface area contributed by atoms with Gasteiger partial charge in [-0.3, -0.25) is 9.78 Å². The zero-order valence-electron chi connectivity index (χ0n) is 10.2. The first kappa shape index (κ1) is 11.6. The van der Waals surface area contributed by atoms with Gasteiger partial charge in [0.05, 0.1) is 0 Å². The number of hydrogen-bond donors (Lipinski definition) is 0. The van der Waals surface area contributed by atoms with Gasteiger partial charge in [0.15, 0.2) is 5.76 Å². The van der Waals surface area contributed by atoms with Gasteiger partial charge in [0.25, 0.3) is 0 Å². The highest BCUT2D eigenvalue weighted by atomic mass is 19.1. The van der Waals surface area contributed by atoms with Gasteiger partial charge in [-0.1, -0.05) is 0 Å². The van der Waals surface area contributed by atoms with Gasteiger partial charge in [-0.05, 0) is 37.3 Å². The third-order valence-electron chi connectivity index (χ3n) is 3.03. The monoisotopic (exact) mass is 255 g/mol. The Bertz CT molecular complexity index is 762. The Hall–Kier alpha value is -2.49. The lowest BCUT2D eigenvalue weighted by Gasteiger charge is -1.97. The number of fused-ring (bicyclic) bond motifs is 1. The Morgan fingerprint density at radius 1 is 1.32 bits per heavy atom. The second kappa shape index (κ2) is 4.31. The zero-order valence-corrected chi connectivity index (χ0v) is 10.2. The Morgan fingerprint density at radius 2 is 2.16 bits per heavy atom. The number of furan rings is 1. The quantitative estimate of drug-likeness (QED) is 0.658. The summed E-state index contributed by atoms with van der Waals surface area (Å²) >= 11 is 0. The largest absolute Gasteiger partial charge is 0.452 e. The number of benzene rings is 1. The van der Waals surface area contributed by atoms with Crippen molar-refractivity contribution in [2.24, 2.45) is 0 Å². The van der Waals surface area contributed by atoms with Gasteiger partial charge in [0.1, 0.15) is 11.4 Å². The molecule has 0 unspecified atom stereocenters. The van der Waals surface area contributed by atoms with E-state index >= 15 is 0 Å². The number of pyridine rings is 1. The number of rotatable bonds is 2. The Balaban J connectivity index is 2.16. The number of aryl methyl sites for hydroxylation is 1. The Morgan fingerprint density at radius 3 is 2.89 bits per heavy atom. The molecule has 0 aliphatic rings. The fraction of sp³-hybridized carbons (Fsp3) is 0.0667. The molecule has 1 aromatic carbocycles. The van der Waals surface area contributed by atoms with Crippen LogP contribution in [0, 0.1) is 12.7 Å². The molecule has 94 valence electrons. The van der Waals surface area contributed by atoms with E-state index in [1.54, 1.807) is 25.3 Å². The summed E-state index contributed by atoms with van der Waals surface area (Å²) in [6.07, 6.45) is 3.08. The molecular weight excluding hydrogens is 245 g/mol. The molecule has 3 aromatic rings. The zero-order chi connectivity index (χ0) is 13.4. The number of ketones is 1. The first-order valence-corrected chi connectivity index (χ1v) is 5.80. The van der Waals surface area contributed by atoms with E-state index in [2.05, 4.69) is 4.98 Å². The van der Waals surface area contributed by atoms with Crippen LogP contribution >= 0.6 is 0 Å². The maximum atomic E-state index is 13.2. The highest BCUT2D eigenvalue weighted by Crippen LogP contribution is 2.27. The number of carbonyl (C=O) groups is 1. The van der Waals surface area contributed by atoms with E-state index in [0.717, 1.165) is 0 Å². The molecule has 0 aliphatic carbocycles. The molecule has 0 spiro atoms. The van der Waals surface area contributed by atoms with E-state index in [1.807, 2.05) is 0 Å². The van der Waals surface area contributed by atoms with E-state index < -0.39 is 0 Å². The summed E-state index contributed by atoms with van der Waals surface area (Å²) in [4.78, 5) is 16.2. The van der Waals surface area contributed by atoms with Crippen molar-refractivity contribution in [3.8, 4) is 0 Å². The van der Waals surface area contributed by atoms with Crippen LogP contribution in [-0.2, 0) is 0 Å². The van der Waals surface area contributed by atoms with E-state index in [1.165, 1.54) is 24.4 Å². The molecule has 2 heterocycles. The van der Waals surface area contributed by atoms with Crippen molar-refractivity contribution in [2.75, 3.05) is 0 Å². The predicted molar refractivity (Wildman–Crippen MR) is 68.6 cm³/mol. The lowest BCUT2D eigenvalue weighted by atomic mass is 10.1. The van der Waals surface area contributed by atoms with Crippen LogP contribution in [0.2, 0.25) is 0 Å². The minimum atomic E-state index is -0.350. The van der Waals surface area contributed by atoms with Gasteiger partial charge in [-0.2, -0.15) is 0 Å². The molecule has 19 heavy (non-hydrogen) atoms. The summed E-state index contributed by atoms with van der Waals surface area (Å²) in [5, 5.41) is 0.618. The van der Waals surface area contributed by atoms with Crippen molar-refractivity contribution in [3.05, 3.63) is 65.4 Å². The van der Waals surface area contributed by atoms with Gasteiger partial charge in [-0.25, -0.2) is 4.39 Å². The number of carbonyl (C=O) groups excluding carboxylic acids is 1. The first-order valence-electron chi connectivity index (χ1n) is 5.80. The molecule has 0 saturated heterocycles. The minimum Gasteiger partial charge on any atom is -0.452 e.